The van der Waals surface area contributed by atoms with Crippen LogP contribution in [-0.4, -0.2) is 44.2 Å². The van der Waals surface area contributed by atoms with Crippen LogP contribution in [0.4, 0.5) is 11.4 Å². The maximum Gasteiger partial charge on any atom is 0.262 e. The fraction of sp³-hybridized carbons (Fsp3) is 0.333. The molecule has 1 fully saturated rings. The van der Waals surface area contributed by atoms with Crippen LogP contribution in [0.25, 0.3) is 0 Å². The summed E-state index contributed by atoms with van der Waals surface area (Å²) in [5.74, 6) is -0.686. The predicted molar refractivity (Wildman–Crippen MR) is 117 cm³/mol. The maximum absolute atomic E-state index is 13.4. The van der Waals surface area contributed by atoms with Gasteiger partial charge in [-0.2, -0.15) is 4.31 Å². The van der Waals surface area contributed by atoms with E-state index in [9.17, 15) is 18.0 Å². The Bertz CT molecular complexity index is 1150. The van der Waals surface area contributed by atoms with Gasteiger partial charge in [0.05, 0.1) is 16.5 Å². The average Bonchev–Trinajstić information content (AvgIpc) is 2.73. The third-order valence-electron chi connectivity index (χ3n) is 5.37. The molecule has 8 nitrogen and oxygen atoms in total. The molecule has 2 N–H and O–H groups in total. The largest absolute Gasteiger partial charge is 0.482 e. The van der Waals surface area contributed by atoms with Crippen LogP contribution in [0.5, 0.6) is 5.75 Å². The van der Waals surface area contributed by atoms with Crippen molar-refractivity contribution >= 4 is 44.8 Å². The summed E-state index contributed by atoms with van der Waals surface area (Å²) >= 11 is 5.97. The lowest BCUT2D eigenvalue weighted by Crippen LogP contribution is -2.43. The third-order valence-corrected chi connectivity index (χ3v) is 7.62. The lowest BCUT2D eigenvalue weighted by molar-refractivity contribution is -0.121. The minimum absolute atomic E-state index is 0.0862. The second kappa shape index (κ2) is 8.49. The SMILES string of the molecule is Cc1cc2c(cc1S(=O)(=O)N1CCC[C@H](C(=O)Nc3cccc(Cl)c3)C1)OCC(=O)N2. The summed E-state index contributed by atoms with van der Waals surface area (Å²) < 4.78 is 33.4. The Morgan fingerprint density at radius 2 is 2.10 bits per heavy atom. The second-order valence-electron chi connectivity index (χ2n) is 7.65. The van der Waals surface area contributed by atoms with E-state index in [1.54, 1.807) is 37.3 Å². The molecule has 2 aromatic rings. The number of piperidine rings is 1. The van der Waals surface area contributed by atoms with Gasteiger partial charge in [0.1, 0.15) is 5.75 Å². The molecule has 4 rings (SSSR count). The standard InChI is InChI=1S/C21H22ClN3O5S/c1-13-8-17-18(30-12-20(26)24-17)10-19(13)31(28,29)25-7-3-4-14(11-25)21(27)23-16-6-2-5-15(22)9-16/h2,5-6,8-10,14H,3-4,7,11-12H2,1H3,(H,23,27)(H,24,26)/t14-/m0/s1. The number of nitrogens with one attached hydrogen (secondary N) is 2. The van der Waals surface area contributed by atoms with Crippen molar-refractivity contribution in [2.75, 3.05) is 30.3 Å². The Labute approximate surface area is 185 Å². The second-order valence-corrected chi connectivity index (χ2v) is 10.00. The van der Waals surface area contributed by atoms with Gasteiger partial charge in [-0.3, -0.25) is 9.59 Å². The number of amides is 2. The summed E-state index contributed by atoms with van der Waals surface area (Å²) in [6, 6.07) is 9.85. The number of hydrogen-bond acceptors (Lipinski definition) is 5. The van der Waals surface area contributed by atoms with Crippen molar-refractivity contribution in [2.24, 2.45) is 5.92 Å². The van der Waals surface area contributed by atoms with Crippen molar-refractivity contribution in [3.8, 4) is 5.75 Å². The van der Waals surface area contributed by atoms with E-state index >= 15 is 0 Å². The van der Waals surface area contributed by atoms with Crippen LogP contribution in [0, 0.1) is 12.8 Å². The molecule has 2 aromatic carbocycles. The summed E-state index contributed by atoms with van der Waals surface area (Å²) in [5.41, 5.74) is 1.52. The zero-order chi connectivity index (χ0) is 22.2. The number of halogens is 1. The Balaban J connectivity index is 1.53. The number of benzene rings is 2. The first-order chi connectivity index (χ1) is 14.7. The van der Waals surface area contributed by atoms with Crippen molar-refractivity contribution < 1.29 is 22.7 Å². The molecule has 0 saturated carbocycles. The first-order valence-electron chi connectivity index (χ1n) is 9.88. The minimum atomic E-state index is -3.85. The van der Waals surface area contributed by atoms with E-state index in [0.717, 1.165) is 0 Å². The molecule has 10 heteroatoms. The molecule has 2 aliphatic heterocycles. The van der Waals surface area contributed by atoms with Crippen LogP contribution in [0.2, 0.25) is 5.02 Å². The highest BCUT2D eigenvalue weighted by molar-refractivity contribution is 7.89. The molecule has 2 heterocycles. The van der Waals surface area contributed by atoms with Gasteiger partial charge in [-0.15, -0.1) is 0 Å². The van der Waals surface area contributed by atoms with Crippen LogP contribution in [0.3, 0.4) is 0 Å². The molecule has 2 aliphatic rings. The molecule has 1 saturated heterocycles. The topological polar surface area (TPSA) is 105 Å². The Hall–Kier alpha value is -2.62. The highest BCUT2D eigenvalue weighted by Crippen LogP contribution is 2.35. The van der Waals surface area contributed by atoms with Gasteiger partial charge in [-0.25, -0.2) is 8.42 Å². The van der Waals surface area contributed by atoms with Crippen molar-refractivity contribution in [1.29, 1.82) is 0 Å². The molecule has 31 heavy (non-hydrogen) atoms. The van der Waals surface area contributed by atoms with E-state index in [4.69, 9.17) is 16.3 Å². The van der Waals surface area contributed by atoms with Crippen molar-refractivity contribution in [3.05, 3.63) is 47.0 Å². The van der Waals surface area contributed by atoms with Crippen LogP contribution in [-0.2, 0) is 19.6 Å². The normalized spacial score (nSPS) is 19.2. The van der Waals surface area contributed by atoms with Crippen LogP contribution >= 0.6 is 11.6 Å². The monoisotopic (exact) mass is 463 g/mol. The summed E-state index contributed by atoms with van der Waals surface area (Å²) in [7, 11) is -3.85. The van der Waals surface area contributed by atoms with Gasteiger partial charge in [-0.1, -0.05) is 17.7 Å². The molecular formula is C21H22ClN3O5S. The molecule has 2 amide bonds. The Morgan fingerprint density at radius 3 is 2.87 bits per heavy atom. The predicted octanol–water partition coefficient (Wildman–Crippen LogP) is 3.02. The number of carbonyl (C=O) groups excluding carboxylic acids is 2. The summed E-state index contributed by atoms with van der Waals surface area (Å²) in [4.78, 5) is 24.4. The highest BCUT2D eigenvalue weighted by atomic mass is 35.5. The van der Waals surface area contributed by atoms with Gasteiger partial charge in [0, 0.05) is 29.9 Å². The van der Waals surface area contributed by atoms with E-state index in [0.29, 0.717) is 47.1 Å². The molecule has 0 spiro atoms. The zero-order valence-corrected chi connectivity index (χ0v) is 18.4. The van der Waals surface area contributed by atoms with Crippen molar-refractivity contribution in [3.63, 3.8) is 0 Å². The number of nitrogens with zero attached hydrogens (tertiary/aromatic N) is 1. The Morgan fingerprint density at radius 1 is 1.29 bits per heavy atom. The van der Waals surface area contributed by atoms with Gasteiger partial charge in [0.15, 0.2) is 6.61 Å². The lowest BCUT2D eigenvalue weighted by atomic mass is 9.99. The number of aryl methyl sites for hydroxylation is 1. The van der Waals surface area contributed by atoms with E-state index in [1.165, 1.54) is 10.4 Å². The first kappa shape index (κ1) is 21.6. The Kier molecular flexibility index (Phi) is 5.92. The molecule has 0 aromatic heterocycles. The van der Waals surface area contributed by atoms with Gasteiger partial charge in [-0.05, 0) is 49.6 Å². The minimum Gasteiger partial charge on any atom is -0.482 e. The smallest absolute Gasteiger partial charge is 0.262 e. The van der Waals surface area contributed by atoms with Gasteiger partial charge < -0.3 is 15.4 Å². The highest BCUT2D eigenvalue weighted by Gasteiger charge is 2.35. The average molecular weight is 464 g/mol. The summed E-state index contributed by atoms with van der Waals surface area (Å²) in [6.07, 6.45) is 1.17. The number of carbonyl (C=O) groups is 2. The number of ether oxygens (including phenoxy) is 1. The fourth-order valence-corrected chi connectivity index (χ4v) is 5.75. The van der Waals surface area contributed by atoms with Crippen molar-refractivity contribution in [2.45, 2.75) is 24.7 Å². The number of fused-ring (bicyclic) bond motifs is 1. The quantitative estimate of drug-likeness (QED) is 0.725. The van der Waals surface area contributed by atoms with Crippen molar-refractivity contribution in [1.82, 2.24) is 4.31 Å². The zero-order valence-electron chi connectivity index (χ0n) is 16.9. The molecule has 1 atom stereocenters. The summed E-state index contributed by atoms with van der Waals surface area (Å²) in [5, 5.41) is 6.00. The van der Waals surface area contributed by atoms with E-state index in [2.05, 4.69) is 10.6 Å². The molecule has 164 valence electrons. The molecular weight excluding hydrogens is 442 g/mol. The van der Waals surface area contributed by atoms with Crippen LogP contribution in [0.15, 0.2) is 41.3 Å². The number of hydrogen-bond donors (Lipinski definition) is 2. The number of anilines is 2. The van der Waals surface area contributed by atoms with E-state index in [-0.39, 0.29) is 29.9 Å². The molecule has 0 bridgehead atoms. The lowest BCUT2D eigenvalue weighted by Gasteiger charge is -2.32. The number of rotatable bonds is 4. The third kappa shape index (κ3) is 4.53. The fourth-order valence-electron chi connectivity index (χ4n) is 3.82. The van der Waals surface area contributed by atoms with Gasteiger partial charge in [0.25, 0.3) is 5.91 Å². The van der Waals surface area contributed by atoms with E-state index in [1.807, 2.05) is 0 Å². The molecule has 0 radical (unpaired) electrons. The van der Waals surface area contributed by atoms with Gasteiger partial charge >= 0.3 is 0 Å². The maximum atomic E-state index is 13.4. The van der Waals surface area contributed by atoms with Gasteiger partial charge in [0.2, 0.25) is 15.9 Å². The van der Waals surface area contributed by atoms with Crippen LogP contribution < -0.4 is 15.4 Å². The number of sulfonamides is 1. The molecule has 0 aliphatic carbocycles. The first-order valence-corrected chi connectivity index (χ1v) is 11.7. The van der Waals surface area contributed by atoms with E-state index < -0.39 is 15.9 Å². The molecule has 0 unspecified atom stereocenters. The summed E-state index contributed by atoms with van der Waals surface area (Å²) in [6.45, 7) is 1.92. The van der Waals surface area contributed by atoms with Crippen LogP contribution in [0.1, 0.15) is 18.4 Å².